The standard InChI is InChI=1S/C19H19N2O6P/c1-12-16(18(22)19(20)23)17-14(21(12)10-13-6-3-2-4-7-13)8-5-9-15(17)27-11-28(24,25)26/h2-9H,10-11H2,1H3,(H2,20,23)(H2,24,25,26). The summed E-state index contributed by atoms with van der Waals surface area (Å²) in [6.45, 7) is 2.11. The predicted molar refractivity (Wildman–Crippen MR) is 103 cm³/mol. The summed E-state index contributed by atoms with van der Waals surface area (Å²) in [5.74, 6) is -1.91. The monoisotopic (exact) mass is 402 g/mol. The lowest BCUT2D eigenvalue weighted by Crippen LogP contribution is -2.24. The summed E-state index contributed by atoms with van der Waals surface area (Å²) in [7, 11) is -4.43. The number of nitrogens with two attached hydrogens (primary N) is 1. The zero-order valence-corrected chi connectivity index (χ0v) is 15.9. The van der Waals surface area contributed by atoms with Crippen LogP contribution in [0.15, 0.2) is 48.5 Å². The van der Waals surface area contributed by atoms with E-state index in [0.29, 0.717) is 23.1 Å². The Bertz CT molecular complexity index is 1100. The lowest BCUT2D eigenvalue weighted by molar-refractivity contribution is -0.114. The van der Waals surface area contributed by atoms with Crippen molar-refractivity contribution in [2.24, 2.45) is 5.73 Å². The summed E-state index contributed by atoms with van der Waals surface area (Å²) in [5.41, 5.74) is 7.36. The van der Waals surface area contributed by atoms with E-state index in [0.717, 1.165) is 5.56 Å². The summed E-state index contributed by atoms with van der Waals surface area (Å²) >= 11 is 0. The molecular formula is C19H19N2O6P. The Morgan fingerprint density at radius 3 is 2.39 bits per heavy atom. The molecule has 4 N–H and O–H groups in total. The number of amides is 1. The fraction of sp³-hybridized carbons (Fsp3) is 0.158. The Morgan fingerprint density at radius 1 is 1.11 bits per heavy atom. The molecule has 2 aromatic carbocycles. The van der Waals surface area contributed by atoms with Crippen LogP contribution < -0.4 is 10.5 Å². The number of Topliss-reactive ketones (excluding diaryl/α,β-unsaturated/α-hetero) is 1. The number of nitrogens with zero attached hydrogens (tertiary/aromatic N) is 1. The van der Waals surface area contributed by atoms with Gasteiger partial charge in [-0.15, -0.1) is 0 Å². The van der Waals surface area contributed by atoms with Crippen molar-refractivity contribution in [3.63, 3.8) is 0 Å². The number of hydrogen-bond donors (Lipinski definition) is 3. The Morgan fingerprint density at radius 2 is 1.79 bits per heavy atom. The van der Waals surface area contributed by atoms with Gasteiger partial charge in [0.15, 0.2) is 6.35 Å². The fourth-order valence-corrected chi connectivity index (χ4v) is 3.44. The molecule has 1 aromatic heterocycles. The summed E-state index contributed by atoms with van der Waals surface area (Å²) in [4.78, 5) is 42.3. The highest BCUT2D eigenvalue weighted by atomic mass is 31.2. The van der Waals surface area contributed by atoms with E-state index in [4.69, 9.17) is 20.3 Å². The van der Waals surface area contributed by atoms with Crippen LogP contribution in [0.4, 0.5) is 0 Å². The molecule has 0 saturated carbocycles. The van der Waals surface area contributed by atoms with E-state index < -0.39 is 25.6 Å². The number of ether oxygens (including phenoxy) is 1. The van der Waals surface area contributed by atoms with Gasteiger partial charge in [-0.05, 0) is 24.6 Å². The molecular weight excluding hydrogens is 383 g/mol. The first kappa shape index (κ1) is 19.8. The van der Waals surface area contributed by atoms with Crippen molar-refractivity contribution in [3.8, 4) is 5.75 Å². The Labute approximate surface area is 160 Å². The number of aromatic nitrogens is 1. The third-order valence-electron chi connectivity index (χ3n) is 4.33. The normalized spacial score (nSPS) is 11.5. The van der Waals surface area contributed by atoms with Crippen molar-refractivity contribution < 1.29 is 28.7 Å². The second kappa shape index (κ2) is 7.59. The zero-order valence-electron chi connectivity index (χ0n) is 15.0. The lowest BCUT2D eigenvalue weighted by Gasteiger charge is -2.10. The van der Waals surface area contributed by atoms with Gasteiger partial charge in [0.05, 0.1) is 16.5 Å². The van der Waals surface area contributed by atoms with E-state index in [2.05, 4.69) is 0 Å². The Hall–Kier alpha value is -2.93. The molecule has 146 valence electrons. The van der Waals surface area contributed by atoms with Crippen molar-refractivity contribution in [2.75, 3.05) is 6.35 Å². The average molecular weight is 402 g/mol. The third-order valence-corrected chi connectivity index (χ3v) is 4.80. The predicted octanol–water partition coefficient (Wildman–Crippen LogP) is 2.18. The maximum absolute atomic E-state index is 12.5. The van der Waals surface area contributed by atoms with Crippen molar-refractivity contribution in [2.45, 2.75) is 13.5 Å². The van der Waals surface area contributed by atoms with E-state index in [-0.39, 0.29) is 11.3 Å². The minimum atomic E-state index is -4.43. The van der Waals surface area contributed by atoms with Crippen LogP contribution in [0.25, 0.3) is 10.9 Å². The van der Waals surface area contributed by atoms with Gasteiger partial charge in [-0.1, -0.05) is 36.4 Å². The van der Waals surface area contributed by atoms with Crippen LogP contribution in [-0.4, -0.2) is 32.4 Å². The van der Waals surface area contributed by atoms with Crippen LogP contribution in [-0.2, 0) is 15.9 Å². The molecule has 0 saturated heterocycles. The highest BCUT2D eigenvalue weighted by molar-refractivity contribution is 7.51. The summed E-state index contributed by atoms with van der Waals surface area (Å²) < 4.78 is 18.3. The number of rotatable bonds is 7. The van der Waals surface area contributed by atoms with E-state index in [1.54, 1.807) is 19.1 Å². The molecule has 0 fully saturated rings. The second-order valence-electron chi connectivity index (χ2n) is 6.31. The van der Waals surface area contributed by atoms with Crippen LogP contribution in [0.5, 0.6) is 5.75 Å². The molecule has 1 amide bonds. The first-order chi connectivity index (χ1) is 13.2. The minimum Gasteiger partial charge on any atom is -0.480 e. The first-order valence-corrected chi connectivity index (χ1v) is 10.2. The molecule has 3 rings (SSSR count). The molecule has 1 heterocycles. The molecule has 28 heavy (non-hydrogen) atoms. The average Bonchev–Trinajstić information content (AvgIpc) is 2.92. The molecule has 9 heteroatoms. The molecule has 0 aliphatic rings. The van der Waals surface area contributed by atoms with Crippen molar-refractivity contribution in [3.05, 3.63) is 65.4 Å². The van der Waals surface area contributed by atoms with Crippen molar-refractivity contribution in [1.82, 2.24) is 4.57 Å². The Kier molecular flexibility index (Phi) is 5.38. The van der Waals surface area contributed by atoms with E-state index >= 15 is 0 Å². The van der Waals surface area contributed by atoms with E-state index in [1.165, 1.54) is 6.07 Å². The van der Waals surface area contributed by atoms with Crippen LogP contribution >= 0.6 is 7.60 Å². The van der Waals surface area contributed by atoms with Gasteiger partial charge in [0.25, 0.3) is 11.7 Å². The van der Waals surface area contributed by atoms with E-state index in [9.17, 15) is 14.2 Å². The molecule has 0 unspecified atom stereocenters. The largest absolute Gasteiger partial charge is 0.480 e. The maximum atomic E-state index is 12.5. The molecule has 0 aliphatic carbocycles. The fourth-order valence-electron chi connectivity index (χ4n) is 3.14. The highest BCUT2D eigenvalue weighted by Crippen LogP contribution is 2.39. The van der Waals surface area contributed by atoms with Crippen molar-refractivity contribution in [1.29, 1.82) is 0 Å². The first-order valence-electron chi connectivity index (χ1n) is 8.36. The number of benzene rings is 2. The van der Waals surface area contributed by atoms with Gasteiger partial charge in [-0.25, -0.2) is 0 Å². The van der Waals surface area contributed by atoms with Crippen LogP contribution in [0.1, 0.15) is 21.6 Å². The van der Waals surface area contributed by atoms with Gasteiger partial charge in [0.2, 0.25) is 0 Å². The highest BCUT2D eigenvalue weighted by Gasteiger charge is 2.26. The van der Waals surface area contributed by atoms with Gasteiger partial charge in [-0.2, -0.15) is 0 Å². The van der Waals surface area contributed by atoms with Gasteiger partial charge in [-0.3, -0.25) is 14.2 Å². The summed E-state index contributed by atoms with van der Waals surface area (Å²) in [6.07, 6.45) is -0.848. The number of ketones is 1. The van der Waals surface area contributed by atoms with Crippen LogP contribution in [0.3, 0.4) is 0 Å². The molecule has 0 radical (unpaired) electrons. The molecule has 0 atom stereocenters. The zero-order chi connectivity index (χ0) is 20.5. The van der Waals surface area contributed by atoms with E-state index in [1.807, 2.05) is 34.9 Å². The van der Waals surface area contributed by atoms with Crippen molar-refractivity contribution >= 4 is 30.2 Å². The number of carbonyl (C=O) groups excluding carboxylic acids is 2. The minimum absolute atomic E-state index is 0.0692. The smallest absolute Gasteiger partial charge is 0.362 e. The van der Waals surface area contributed by atoms with Gasteiger partial charge >= 0.3 is 7.60 Å². The Balaban J connectivity index is 2.22. The maximum Gasteiger partial charge on any atom is 0.362 e. The molecule has 0 spiro atoms. The summed E-state index contributed by atoms with van der Waals surface area (Å²) in [6, 6.07) is 14.4. The lowest BCUT2D eigenvalue weighted by atomic mass is 10.1. The third kappa shape index (κ3) is 3.99. The number of primary amides is 1. The molecule has 8 nitrogen and oxygen atoms in total. The van der Waals surface area contributed by atoms with Crippen LogP contribution in [0.2, 0.25) is 0 Å². The topological polar surface area (TPSA) is 132 Å². The van der Waals surface area contributed by atoms with Crippen LogP contribution in [0, 0.1) is 6.92 Å². The second-order valence-corrected chi connectivity index (χ2v) is 7.90. The summed E-state index contributed by atoms with van der Waals surface area (Å²) in [5, 5.41) is 0.299. The molecule has 0 bridgehead atoms. The van der Waals surface area contributed by atoms with Gasteiger partial charge < -0.3 is 24.8 Å². The quantitative estimate of drug-likeness (QED) is 0.315. The molecule has 0 aliphatic heterocycles. The van der Waals surface area contributed by atoms with Gasteiger partial charge in [0.1, 0.15) is 5.75 Å². The SMILES string of the molecule is Cc1c(C(=O)C(N)=O)c2c(OCP(=O)(O)O)cccc2n1Cc1ccccc1. The number of hydrogen-bond acceptors (Lipinski definition) is 4. The number of fused-ring (bicyclic) bond motifs is 1. The number of carbonyl (C=O) groups is 2. The van der Waals surface area contributed by atoms with Gasteiger partial charge in [0, 0.05) is 12.2 Å². The molecule has 3 aromatic rings.